The summed E-state index contributed by atoms with van der Waals surface area (Å²) < 4.78 is 26.9. The molecule has 1 aromatic carbocycles. The summed E-state index contributed by atoms with van der Waals surface area (Å²) in [6, 6.07) is 0.532. The molecule has 0 heterocycles. The fourth-order valence-corrected chi connectivity index (χ4v) is 1.87. The Bertz CT molecular complexity index is 535. The number of anilines is 1. The largest absolute Gasteiger partial charge is 0.481 e. The zero-order valence-electron chi connectivity index (χ0n) is 11.9. The van der Waals surface area contributed by atoms with E-state index in [1.807, 2.05) is 6.92 Å². The Kier molecular flexibility index (Phi) is 6.08. The van der Waals surface area contributed by atoms with E-state index in [2.05, 4.69) is 10.6 Å². The van der Waals surface area contributed by atoms with Crippen LogP contribution in [0.1, 0.15) is 31.7 Å². The number of urea groups is 1. The molecular weight excluding hydrogens is 282 g/mol. The number of nitrogens with one attached hydrogen (secondary N) is 2. The molecule has 1 unspecified atom stereocenters. The molecule has 0 bridgehead atoms. The Balaban J connectivity index is 2.71. The van der Waals surface area contributed by atoms with Crippen molar-refractivity contribution < 1.29 is 23.5 Å². The highest BCUT2D eigenvalue weighted by atomic mass is 19.1. The second kappa shape index (κ2) is 7.56. The molecule has 21 heavy (non-hydrogen) atoms. The number of hydrogen-bond acceptors (Lipinski definition) is 2. The van der Waals surface area contributed by atoms with E-state index < -0.39 is 29.7 Å². The molecule has 0 radical (unpaired) electrons. The minimum atomic E-state index is -1.04. The average Bonchev–Trinajstić information content (AvgIpc) is 2.35. The molecule has 0 spiro atoms. The van der Waals surface area contributed by atoms with Gasteiger partial charge in [0.1, 0.15) is 11.6 Å². The van der Waals surface area contributed by atoms with E-state index in [0.717, 1.165) is 12.1 Å². The number of carbonyl (C=O) groups is 2. The Morgan fingerprint density at radius 1 is 1.29 bits per heavy atom. The Hall–Kier alpha value is -2.18. The van der Waals surface area contributed by atoms with Gasteiger partial charge in [0, 0.05) is 12.1 Å². The molecule has 116 valence electrons. The van der Waals surface area contributed by atoms with Crippen LogP contribution >= 0.6 is 0 Å². The summed E-state index contributed by atoms with van der Waals surface area (Å²) in [5.74, 6) is -2.43. The molecule has 1 aromatic rings. The van der Waals surface area contributed by atoms with Gasteiger partial charge in [-0.3, -0.25) is 4.79 Å². The van der Waals surface area contributed by atoms with E-state index in [-0.39, 0.29) is 17.7 Å². The zero-order valence-corrected chi connectivity index (χ0v) is 11.9. The van der Waals surface area contributed by atoms with Crippen LogP contribution in [0.4, 0.5) is 19.3 Å². The minimum Gasteiger partial charge on any atom is -0.481 e. The van der Waals surface area contributed by atoms with Crippen LogP contribution in [-0.4, -0.2) is 23.1 Å². The third-order valence-electron chi connectivity index (χ3n) is 2.89. The maximum Gasteiger partial charge on any atom is 0.319 e. The summed E-state index contributed by atoms with van der Waals surface area (Å²) in [6.07, 6.45) is 0.933. The summed E-state index contributed by atoms with van der Waals surface area (Å²) >= 11 is 0. The van der Waals surface area contributed by atoms with Crippen molar-refractivity contribution in [3.8, 4) is 0 Å². The first-order valence-corrected chi connectivity index (χ1v) is 6.58. The molecule has 0 fully saturated rings. The second-order valence-electron chi connectivity index (χ2n) is 4.76. The van der Waals surface area contributed by atoms with Crippen molar-refractivity contribution in [1.29, 1.82) is 0 Å². The molecule has 0 aromatic heterocycles. The Labute approximate surface area is 121 Å². The number of amides is 2. The highest BCUT2D eigenvalue weighted by Gasteiger charge is 2.16. The lowest BCUT2D eigenvalue weighted by molar-refractivity contribution is -0.137. The lowest BCUT2D eigenvalue weighted by Gasteiger charge is -2.17. The number of carboxylic acids is 1. The first kappa shape index (κ1) is 16.9. The van der Waals surface area contributed by atoms with Gasteiger partial charge in [-0.2, -0.15) is 0 Å². The van der Waals surface area contributed by atoms with E-state index >= 15 is 0 Å². The van der Waals surface area contributed by atoms with Crippen LogP contribution in [-0.2, 0) is 4.79 Å². The summed E-state index contributed by atoms with van der Waals surface area (Å²) in [7, 11) is 0. The van der Waals surface area contributed by atoms with Crippen LogP contribution in [0.25, 0.3) is 0 Å². The van der Waals surface area contributed by atoms with Gasteiger partial charge in [-0.25, -0.2) is 13.6 Å². The summed E-state index contributed by atoms with van der Waals surface area (Å²) in [5, 5.41) is 13.4. The van der Waals surface area contributed by atoms with Crippen LogP contribution in [0, 0.1) is 18.6 Å². The normalized spacial score (nSPS) is 11.8. The van der Waals surface area contributed by atoms with Crippen molar-refractivity contribution in [3.63, 3.8) is 0 Å². The smallest absolute Gasteiger partial charge is 0.319 e. The van der Waals surface area contributed by atoms with Gasteiger partial charge in [0.25, 0.3) is 0 Å². The fourth-order valence-electron chi connectivity index (χ4n) is 1.87. The van der Waals surface area contributed by atoms with Crippen molar-refractivity contribution in [2.45, 2.75) is 39.2 Å². The molecule has 5 nitrogen and oxygen atoms in total. The lowest BCUT2D eigenvalue weighted by Crippen LogP contribution is -2.39. The van der Waals surface area contributed by atoms with E-state index in [4.69, 9.17) is 5.11 Å². The first-order valence-electron chi connectivity index (χ1n) is 6.58. The topological polar surface area (TPSA) is 78.4 Å². The summed E-state index contributed by atoms with van der Waals surface area (Å²) in [6.45, 7) is 3.26. The standard InChI is InChI=1S/C14H18F2N2O3/c1-3-4-9(6-13(19)20)17-14(21)18-12-7-10(15)8(2)5-11(12)16/h5,7,9H,3-4,6H2,1-2H3,(H,19,20)(H2,17,18,21). The van der Waals surface area contributed by atoms with E-state index in [1.54, 1.807) is 0 Å². The second-order valence-corrected chi connectivity index (χ2v) is 4.76. The molecule has 0 saturated heterocycles. The minimum absolute atomic E-state index is 0.133. The van der Waals surface area contributed by atoms with Gasteiger partial charge < -0.3 is 15.7 Å². The monoisotopic (exact) mass is 300 g/mol. The molecule has 0 aliphatic rings. The molecule has 0 aliphatic carbocycles. The fraction of sp³-hybridized carbons (Fsp3) is 0.429. The maximum absolute atomic E-state index is 13.6. The molecule has 7 heteroatoms. The highest BCUT2D eigenvalue weighted by molar-refractivity contribution is 5.89. The van der Waals surface area contributed by atoms with Crippen molar-refractivity contribution in [1.82, 2.24) is 5.32 Å². The van der Waals surface area contributed by atoms with Gasteiger partial charge >= 0.3 is 12.0 Å². The first-order chi connectivity index (χ1) is 9.83. The van der Waals surface area contributed by atoms with Crippen molar-refractivity contribution in [2.75, 3.05) is 5.32 Å². The van der Waals surface area contributed by atoms with Crippen LogP contribution < -0.4 is 10.6 Å². The molecule has 3 N–H and O–H groups in total. The van der Waals surface area contributed by atoms with Gasteiger partial charge in [0.15, 0.2) is 0 Å². The van der Waals surface area contributed by atoms with Crippen LogP contribution in [0.5, 0.6) is 0 Å². The third kappa shape index (κ3) is 5.37. The van der Waals surface area contributed by atoms with Gasteiger partial charge in [0.05, 0.1) is 12.1 Å². The highest BCUT2D eigenvalue weighted by Crippen LogP contribution is 2.18. The molecule has 1 rings (SSSR count). The SMILES string of the molecule is CCCC(CC(=O)O)NC(=O)Nc1cc(F)c(C)cc1F. The molecule has 0 aliphatic heterocycles. The molecule has 1 atom stereocenters. The van der Waals surface area contributed by atoms with Crippen molar-refractivity contribution in [2.24, 2.45) is 0 Å². The van der Waals surface area contributed by atoms with Gasteiger partial charge in [-0.05, 0) is 25.0 Å². The number of rotatable bonds is 6. The number of aliphatic carboxylic acids is 1. The predicted molar refractivity (Wildman–Crippen MR) is 74.2 cm³/mol. The Morgan fingerprint density at radius 3 is 2.52 bits per heavy atom. The van der Waals surface area contributed by atoms with E-state index in [0.29, 0.717) is 12.8 Å². The lowest BCUT2D eigenvalue weighted by atomic mass is 10.1. The summed E-state index contributed by atoms with van der Waals surface area (Å²) in [5.41, 5.74) is -0.158. The zero-order chi connectivity index (χ0) is 16.0. The van der Waals surface area contributed by atoms with Crippen molar-refractivity contribution >= 4 is 17.7 Å². The maximum atomic E-state index is 13.6. The molecular formula is C14H18F2N2O3. The summed E-state index contributed by atoms with van der Waals surface area (Å²) in [4.78, 5) is 22.4. The van der Waals surface area contributed by atoms with Crippen LogP contribution in [0.3, 0.4) is 0 Å². The number of hydrogen-bond donors (Lipinski definition) is 3. The molecule has 0 saturated carbocycles. The van der Waals surface area contributed by atoms with E-state index in [9.17, 15) is 18.4 Å². The van der Waals surface area contributed by atoms with Crippen molar-refractivity contribution in [3.05, 3.63) is 29.3 Å². The van der Waals surface area contributed by atoms with E-state index in [1.165, 1.54) is 6.92 Å². The predicted octanol–water partition coefficient (Wildman–Crippen LogP) is 3.04. The van der Waals surface area contributed by atoms with Crippen LogP contribution in [0.15, 0.2) is 12.1 Å². The third-order valence-corrected chi connectivity index (χ3v) is 2.89. The van der Waals surface area contributed by atoms with Gasteiger partial charge in [-0.1, -0.05) is 13.3 Å². The average molecular weight is 300 g/mol. The number of carboxylic acid groups (broad SMARTS) is 1. The molecule has 2 amide bonds. The van der Waals surface area contributed by atoms with Gasteiger partial charge in [0.2, 0.25) is 0 Å². The number of halogens is 2. The quantitative estimate of drug-likeness (QED) is 0.755. The number of benzene rings is 1. The van der Waals surface area contributed by atoms with Crippen LogP contribution in [0.2, 0.25) is 0 Å². The number of carbonyl (C=O) groups excluding carboxylic acids is 1. The Morgan fingerprint density at radius 2 is 1.95 bits per heavy atom. The van der Waals surface area contributed by atoms with Gasteiger partial charge in [-0.15, -0.1) is 0 Å². The number of aryl methyl sites for hydroxylation is 1.